The van der Waals surface area contributed by atoms with E-state index in [0.29, 0.717) is 6.04 Å². The van der Waals surface area contributed by atoms with Crippen LogP contribution < -0.4 is 5.32 Å². The molecule has 0 saturated carbocycles. The van der Waals surface area contributed by atoms with Gasteiger partial charge in [-0.1, -0.05) is 6.07 Å². The van der Waals surface area contributed by atoms with Crippen LogP contribution >= 0.6 is 0 Å². The van der Waals surface area contributed by atoms with E-state index >= 15 is 0 Å². The van der Waals surface area contributed by atoms with E-state index in [1.165, 1.54) is 11.1 Å². The molecule has 2 rings (SSSR count). The van der Waals surface area contributed by atoms with Crippen molar-refractivity contribution in [3.05, 3.63) is 34.9 Å². The fourth-order valence-corrected chi connectivity index (χ4v) is 2.21. The molecule has 1 atom stereocenters. The highest BCUT2D eigenvalue weighted by Gasteiger charge is 2.23. The minimum absolute atomic E-state index is 0.127. The standard InChI is InChI=1S/C14H20N2O/c1-10-4-5-12(8-11(10)2)14(17)16(3)13-6-7-15-9-13/h4-5,8,13,15H,6-7,9H2,1-3H3. The lowest BCUT2D eigenvalue weighted by Gasteiger charge is -2.24. The number of carbonyl (C=O) groups is 1. The Morgan fingerprint density at radius 2 is 2.12 bits per heavy atom. The van der Waals surface area contributed by atoms with E-state index in [4.69, 9.17) is 0 Å². The van der Waals surface area contributed by atoms with Gasteiger partial charge in [0, 0.05) is 25.2 Å². The lowest BCUT2D eigenvalue weighted by atomic mass is 10.0. The lowest BCUT2D eigenvalue weighted by molar-refractivity contribution is 0.0743. The molecule has 1 unspecified atom stereocenters. The fourth-order valence-electron chi connectivity index (χ4n) is 2.21. The molecule has 0 bridgehead atoms. The van der Waals surface area contributed by atoms with E-state index in [0.717, 1.165) is 25.1 Å². The van der Waals surface area contributed by atoms with E-state index < -0.39 is 0 Å². The Morgan fingerprint density at radius 1 is 1.35 bits per heavy atom. The van der Waals surface area contributed by atoms with Crippen LogP contribution in [0, 0.1) is 13.8 Å². The summed E-state index contributed by atoms with van der Waals surface area (Å²) in [5.41, 5.74) is 3.20. The van der Waals surface area contributed by atoms with Crippen molar-refractivity contribution in [3.8, 4) is 0 Å². The summed E-state index contributed by atoms with van der Waals surface area (Å²) in [7, 11) is 1.90. The van der Waals surface area contributed by atoms with Gasteiger partial charge in [-0.25, -0.2) is 0 Å². The van der Waals surface area contributed by atoms with E-state index in [1.54, 1.807) is 0 Å². The summed E-state index contributed by atoms with van der Waals surface area (Å²) >= 11 is 0. The zero-order valence-electron chi connectivity index (χ0n) is 10.8. The van der Waals surface area contributed by atoms with Crippen LogP contribution in [0.1, 0.15) is 27.9 Å². The van der Waals surface area contributed by atoms with Crippen LogP contribution in [-0.4, -0.2) is 37.0 Å². The minimum atomic E-state index is 0.127. The van der Waals surface area contributed by atoms with Gasteiger partial charge in [0.2, 0.25) is 0 Å². The molecule has 3 nitrogen and oxygen atoms in total. The first-order chi connectivity index (χ1) is 8.09. The second-order valence-corrected chi connectivity index (χ2v) is 4.86. The number of hydrogen-bond donors (Lipinski definition) is 1. The number of carbonyl (C=O) groups excluding carboxylic acids is 1. The largest absolute Gasteiger partial charge is 0.337 e. The SMILES string of the molecule is Cc1ccc(C(=O)N(C)C2CCNC2)cc1C. The van der Waals surface area contributed by atoms with Gasteiger partial charge in [-0.3, -0.25) is 4.79 Å². The van der Waals surface area contributed by atoms with Crippen molar-refractivity contribution < 1.29 is 4.79 Å². The molecule has 0 aromatic heterocycles. The maximum atomic E-state index is 12.3. The van der Waals surface area contributed by atoms with Crippen molar-refractivity contribution in [1.82, 2.24) is 10.2 Å². The van der Waals surface area contributed by atoms with Crippen molar-refractivity contribution in [2.45, 2.75) is 26.3 Å². The van der Waals surface area contributed by atoms with Gasteiger partial charge >= 0.3 is 0 Å². The number of nitrogens with one attached hydrogen (secondary N) is 1. The van der Waals surface area contributed by atoms with Crippen molar-refractivity contribution in [2.75, 3.05) is 20.1 Å². The van der Waals surface area contributed by atoms with Crippen LogP contribution in [0.5, 0.6) is 0 Å². The van der Waals surface area contributed by atoms with Crippen molar-refractivity contribution in [3.63, 3.8) is 0 Å². The highest BCUT2D eigenvalue weighted by molar-refractivity contribution is 5.94. The summed E-state index contributed by atoms with van der Waals surface area (Å²) in [6.45, 7) is 6.03. The molecule has 1 N–H and O–H groups in total. The monoisotopic (exact) mass is 232 g/mol. The number of hydrogen-bond acceptors (Lipinski definition) is 2. The fraction of sp³-hybridized carbons (Fsp3) is 0.500. The highest BCUT2D eigenvalue weighted by atomic mass is 16.2. The molecule has 1 aliphatic heterocycles. The van der Waals surface area contributed by atoms with Crippen LogP contribution in [0.3, 0.4) is 0 Å². The Balaban J connectivity index is 2.15. The summed E-state index contributed by atoms with van der Waals surface area (Å²) in [5.74, 6) is 0.127. The number of nitrogens with zero attached hydrogens (tertiary/aromatic N) is 1. The topological polar surface area (TPSA) is 32.3 Å². The third-order valence-electron chi connectivity index (χ3n) is 3.66. The van der Waals surface area contributed by atoms with Crippen molar-refractivity contribution in [2.24, 2.45) is 0 Å². The molecule has 92 valence electrons. The first-order valence-corrected chi connectivity index (χ1v) is 6.14. The van der Waals surface area contributed by atoms with Crippen LogP contribution in [0.15, 0.2) is 18.2 Å². The quantitative estimate of drug-likeness (QED) is 0.842. The van der Waals surface area contributed by atoms with Gasteiger partial charge in [-0.2, -0.15) is 0 Å². The summed E-state index contributed by atoms with van der Waals surface area (Å²) < 4.78 is 0. The number of likely N-dealkylation sites (N-methyl/N-ethyl adjacent to an activating group) is 1. The van der Waals surface area contributed by atoms with E-state index in [-0.39, 0.29) is 5.91 Å². The summed E-state index contributed by atoms with van der Waals surface area (Å²) in [6.07, 6.45) is 1.05. The zero-order chi connectivity index (χ0) is 12.4. The molecule has 0 radical (unpaired) electrons. The third-order valence-corrected chi connectivity index (χ3v) is 3.66. The Morgan fingerprint density at radius 3 is 2.71 bits per heavy atom. The molecular formula is C14H20N2O. The minimum Gasteiger partial charge on any atom is -0.337 e. The second-order valence-electron chi connectivity index (χ2n) is 4.86. The maximum Gasteiger partial charge on any atom is 0.253 e. The Bertz CT molecular complexity index is 422. The number of benzene rings is 1. The van der Waals surface area contributed by atoms with Gasteiger partial charge in [-0.15, -0.1) is 0 Å². The molecule has 1 saturated heterocycles. The predicted molar refractivity (Wildman–Crippen MR) is 69.3 cm³/mol. The maximum absolute atomic E-state index is 12.3. The molecule has 1 amide bonds. The molecule has 3 heteroatoms. The Hall–Kier alpha value is -1.35. The average Bonchev–Trinajstić information content (AvgIpc) is 2.84. The summed E-state index contributed by atoms with van der Waals surface area (Å²) in [6, 6.07) is 6.26. The van der Waals surface area contributed by atoms with Gasteiger partial charge in [0.05, 0.1) is 0 Å². The summed E-state index contributed by atoms with van der Waals surface area (Å²) in [4.78, 5) is 14.2. The molecule has 0 spiro atoms. The number of amides is 1. The Kier molecular flexibility index (Phi) is 3.48. The molecule has 17 heavy (non-hydrogen) atoms. The molecule has 1 aromatic rings. The average molecular weight is 232 g/mol. The van der Waals surface area contributed by atoms with Crippen molar-refractivity contribution >= 4 is 5.91 Å². The van der Waals surface area contributed by atoms with Gasteiger partial charge in [0.1, 0.15) is 0 Å². The van der Waals surface area contributed by atoms with Crippen LogP contribution in [0.4, 0.5) is 0 Å². The van der Waals surface area contributed by atoms with Gasteiger partial charge in [-0.05, 0) is 50.1 Å². The molecule has 1 aliphatic rings. The number of rotatable bonds is 2. The zero-order valence-corrected chi connectivity index (χ0v) is 10.8. The molecule has 1 heterocycles. The second kappa shape index (κ2) is 4.88. The van der Waals surface area contributed by atoms with E-state index in [2.05, 4.69) is 12.2 Å². The summed E-state index contributed by atoms with van der Waals surface area (Å²) in [5, 5.41) is 3.29. The third kappa shape index (κ3) is 2.50. The molecule has 1 aromatic carbocycles. The van der Waals surface area contributed by atoms with Gasteiger partial charge in [0.25, 0.3) is 5.91 Å². The van der Waals surface area contributed by atoms with Gasteiger partial charge in [0.15, 0.2) is 0 Å². The molecular weight excluding hydrogens is 212 g/mol. The Labute approximate surface area is 103 Å². The van der Waals surface area contributed by atoms with Gasteiger partial charge < -0.3 is 10.2 Å². The molecule has 0 aliphatic carbocycles. The van der Waals surface area contributed by atoms with Crippen LogP contribution in [-0.2, 0) is 0 Å². The van der Waals surface area contributed by atoms with E-state index in [9.17, 15) is 4.79 Å². The van der Waals surface area contributed by atoms with Crippen LogP contribution in [0.25, 0.3) is 0 Å². The van der Waals surface area contributed by atoms with Crippen LogP contribution in [0.2, 0.25) is 0 Å². The first kappa shape index (κ1) is 12.1. The smallest absolute Gasteiger partial charge is 0.253 e. The lowest BCUT2D eigenvalue weighted by Crippen LogP contribution is -2.38. The van der Waals surface area contributed by atoms with E-state index in [1.807, 2.05) is 37.1 Å². The highest BCUT2D eigenvalue weighted by Crippen LogP contribution is 2.14. The molecule has 1 fully saturated rings. The number of aryl methyl sites for hydroxylation is 2. The normalized spacial score (nSPS) is 19.4. The van der Waals surface area contributed by atoms with Crippen molar-refractivity contribution in [1.29, 1.82) is 0 Å². The predicted octanol–water partition coefficient (Wildman–Crippen LogP) is 1.74. The first-order valence-electron chi connectivity index (χ1n) is 6.14.